The van der Waals surface area contributed by atoms with Gasteiger partial charge in [0.05, 0.1) is 13.2 Å². The topological polar surface area (TPSA) is 63.4 Å². The van der Waals surface area contributed by atoms with Gasteiger partial charge in [-0.1, -0.05) is 0 Å². The van der Waals surface area contributed by atoms with Crippen molar-refractivity contribution in [1.82, 2.24) is 19.7 Å². The number of aliphatic hydroxyl groups is 1. The number of rotatable bonds is 3. The van der Waals surface area contributed by atoms with Crippen LogP contribution in [0.4, 0.5) is 0 Å². The first-order valence-electron chi connectivity index (χ1n) is 6.75. The first kappa shape index (κ1) is 12.1. The molecular formula is C12H20N4O2. The van der Waals surface area contributed by atoms with E-state index in [1.807, 2.05) is 4.68 Å². The Morgan fingerprint density at radius 1 is 1.28 bits per heavy atom. The maximum absolute atomic E-state index is 9.84. The van der Waals surface area contributed by atoms with Crippen LogP contribution in [0, 0.1) is 0 Å². The van der Waals surface area contributed by atoms with Gasteiger partial charge in [-0.25, -0.2) is 9.67 Å². The summed E-state index contributed by atoms with van der Waals surface area (Å²) in [6.45, 7) is 5.50. The molecule has 1 unspecified atom stereocenters. The molecule has 2 aliphatic rings. The van der Waals surface area contributed by atoms with Gasteiger partial charge in [-0.3, -0.25) is 4.90 Å². The van der Waals surface area contributed by atoms with Crippen molar-refractivity contribution in [2.75, 3.05) is 32.8 Å². The molecule has 0 aromatic carbocycles. The Balaban J connectivity index is 1.59. The van der Waals surface area contributed by atoms with E-state index in [1.165, 1.54) is 0 Å². The smallest absolute Gasteiger partial charge is 0.156 e. The second-order valence-corrected chi connectivity index (χ2v) is 4.97. The molecule has 3 rings (SSSR count). The van der Waals surface area contributed by atoms with E-state index >= 15 is 0 Å². The molecule has 0 amide bonds. The van der Waals surface area contributed by atoms with Gasteiger partial charge in [0.2, 0.25) is 0 Å². The van der Waals surface area contributed by atoms with E-state index in [0.717, 1.165) is 70.3 Å². The largest absolute Gasteiger partial charge is 0.385 e. The second kappa shape index (κ2) is 5.34. The highest BCUT2D eigenvalue weighted by Gasteiger charge is 2.22. The molecule has 1 saturated heterocycles. The number of nitrogens with zero attached hydrogens (tertiary/aromatic N) is 4. The summed E-state index contributed by atoms with van der Waals surface area (Å²) >= 11 is 0. The van der Waals surface area contributed by atoms with Gasteiger partial charge in [0.1, 0.15) is 6.10 Å². The summed E-state index contributed by atoms with van der Waals surface area (Å²) in [7, 11) is 0. The van der Waals surface area contributed by atoms with Gasteiger partial charge in [0, 0.05) is 32.6 Å². The SMILES string of the molecule is OC1CCCn2nc(CCN3CCOCC3)nc21. The molecule has 0 radical (unpaired) electrons. The van der Waals surface area contributed by atoms with Gasteiger partial charge in [-0.2, -0.15) is 5.10 Å². The summed E-state index contributed by atoms with van der Waals surface area (Å²) in [6, 6.07) is 0. The van der Waals surface area contributed by atoms with Crippen molar-refractivity contribution >= 4 is 0 Å². The van der Waals surface area contributed by atoms with Crippen molar-refractivity contribution in [3.8, 4) is 0 Å². The normalized spacial score (nSPS) is 25.1. The molecule has 1 aromatic rings. The van der Waals surface area contributed by atoms with Crippen LogP contribution in [0.15, 0.2) is 0 Å². The molecule has 1 atom stereocenters. The quantitative estimate of drug-likeness (QED) is 0.819. The number of ether oxygens (including phenoxy) is 1. The molecule has 6 heteroatoms. The molecule has 1 fully saturated rings. The maximum Gasteiger partial charge on any atom is 0.156 e. The predicted octanol–water partition coefficient (Wildman–Crippen LogP) is -0.0200. The van der Waals surface area contributed by atoms with Crippen LogP contribution in [0.2, 0.25) is 0 Å². The minimum atomic E-state index is -0.427. The summed E-state index contributed by atoms with van der Waals surface area (Å²) < 4.78 is 7.19. The van der Waals surface area contributed by atoms with E-state index in [-0.39, 0.29) is 0 Å². The fraction of sp³-hybridized carbons (Fsp3) is 0.833. The minimum Gasteiger partial charge on any atom is -0.385 e. The number of aliphatic hydroxyl groups excluding tert-OH is 1. The highest BCUT2D eigenvalue weighted by atomic mass is 16.5. The average molecular weight is 252 g/mol. The van der Waals surface area contributed by atoms with Crippen molar-refractivity contribution < 1.29 is 9.84 Å². The molecule has 0 spiro atoms. The molecular weight excluding hydrogens is 232 g/mol. The van der Waals surface area contributed by atoms with Crippen LogP contribution >= 0.6 is 0 Å². The Kier molecular flexibility index (Phi) is 3.58. The highest BCUT2D eigenvalue weighted by Crippen LogP contribution is 2.22. The van der Waals surface area contributed by atoms with Crippen LogP contribution in [0.5, 0.6) is 0 Å². The average Bonchev–Trinajstić information content (AvgIpc) is 2.82. The van der Waals surface area contributed by atoms with Crippen molar-refractivity contribution in [3.05, 3.63) is 11.6 Å². The van der Waals surface area contributed by atoms with Crippen LogP contribution in [0.1, 0.15) is 30.6 Å². The van der Waals surface area contributed by atoms with E-state index in [1.54, 1.807) is 0 Å². The Hall–Kier alpha value is -0.980. The maximum atomic E-state index is 9.84. The molecule has 100 valence electrons. The molecule has 1 aromatic heterocycles. The van der Waals surface area contributed by atoms with E-state index in [9.17, 15) is 5.11 Å². The third-order valence-corrected chi connectivity index (χ3v) is 3.65. The van der Waals surface area contributed by atoms with Crippen LogP contribution in [0.25, 0.3) is 0 Å². The lowest BCUT2D eigenvalue weighted by molar-refractivity contribution is 0.0382. The van der Waals surface area contributed by atoms with E-state index in [4.69, 9.17) is 4.74 Å². The first-order valence-corrected chi connectivity index (χ1v) is 6.75. The summed E-state index contributed by atoms with van der Waals surface area (Å²) in [5.41, 5.74) is 0. The lowest BCUT2D eigenvalue weighted by Gasteiger charge is -2.25. The molecule has 3 heterocycles. The van der Waals surface area contributed by atoms with Crippen molar-refractivity contribution in [1.29, 1.82) is 0 Å². The van der Waals surface area contributed by atoms with Crippen LogP contribution in [-0.2, 0) is 17.7 Å². The van der Waals surface area contributed by atoms with Gasteiger partial charge in [0.25, 0.3) is 0 Å². The number of aromatic nitrogens is 3. The number of hydrogen-bond acceptors (Lipinski definition) is 5. The minimum absolute atomic E-state index is 0.427. The standard InChI is InChI=1S/C12H20N4O2/c17-10-2-1-4-16-12(10)13-11(14-16)3-5-15-6-8-18-9-7-15/h10,17H,1-9H2. The van der Waals surface area contributed by atoms with E-state index < -0.39 is 6.10 Å². The van der Waals surface area contributed by atoms with Gasteiger partial charge >= 0.3 is 0 Å². The lowest BCUT2D eigenvalue weighted by Crippen LogP contribution is -2.37. The van der Waals surface area contributed by atoms with Gasteiger partial charge < -0.3 is 9.84 Å². The van der Waals surface area contributed by atoms with Crippen LogP contribution < -0.4 is 0 Å². The fourth-order valence-electron chi connectivity index (χ4n) is 2.57. The molecule has 0 saturated carbocycles. The summed E-state index contributed by atoms with van der Waals surface area (Å²) in [6.07, 6.45) is 2.22. The molecule has 6 nitrogen and oxygen atoms in total. The van der Waals surface area contributed by atoms with Crippen molar-refractivity contribution in [3.63, 3.8) is 0 Å². The first-order chi connectivity index (χ1) is 8.83. The number of hydrogen-bond donors (Lipinski definition) is 1. The van der Waals surface area contributed by atoms with Gasteiger partial charge in [-0.05, 0) is 12.8 Å². The zero-order chi connectivity index (χ0) is 12.4. The second-order valence-electron chi connectivity index (χ2n) is 4.97. The summed E-state index contributed by atoms with van der Waals surface area (Å²) in [5.74, 6) is 1.61. The monoisotopic (exact) mass is 252 g/mol. The predicted molar refractivity (Wildman–Crippen MR) is 65.2 cm³/mol. The summed E-state index contributed by atoms with van der Waals surface area (Å²) in [4.78, 5) is 6.84. The van der Waals surface area contributed by atoms with Crippen molar-refractivity contribution in [2.24, 2.45) is 0 Å². The van der Waals surface area contributed by atoms with Gasteiger partial charge in [-0.15, -0.1) is 0 Å². The van der Waals surface area contributed by atoms with Crippen LogP contribution in [-0.4, -0.2) is 57.6 Å². The lowest BCUT2D eigenvalue weighted by atomic mass is 10.1. The Morgan fingerprint density at radius 3 is 2.89 bits per heavy atom. The zero-order valence-corrected chi connectivity index (χ0v) is 10.6. The number of morpholine rings is 1. The Bertz CT molecular complexity index is 401. The Labute approximate surface area is 107 Å². The third-order valence-electron chi connectivity index (χ3n) is 3.65. The molecule has 0 aliphatic carbocycles. The van der Waals surface area contributed by atoms with E-state index in [2.05, 4.69) is 15.0 Å². The zero-order valence-electron chi connectivity index (χ0n) is 10.6. The molecule has 1 N–H and O–H groups in total. The van der Waals surface area contributed by atoms with Gasteiger partial charge in [0.15, 0.2) is 11.6 Å². The Morgan fingerprint density at radius 2 is 2.11 bits per heavy atom. The van der Waals surface area contributed by atoms with Crippen LogP contribution in [0.3, 0.4) is 0 Å². The van der Waals surface area contributed by atoms with Crippen molar-refractivity contribution in [2.45, 2.75) is 31.9 Å². The molecule has 2 aliphatic heterocycles. The number of fused-ring (bicyclic) bond motifs is 1. The highest BCUT2D eigenvalue weighted by molar-refractivity contribution is 4.99. The number of aryl methyl sites for hydroxylation is 1. The molecule has 0 bridgehead atoms. The summed E-state index contributed by atoms with van der Waals surface area (Å²) in [5, 5.41) is 14.3. The van der Waals surface area contributed by atoms with E-state index in [0.29, 0.717) is 0 Å². The fourth-order valence-corrected chi connectivity index (χ4v) is 2.57. The third kappa shape index (κ3) is 2.55. The molecule has 18 heavy (non-hydrogen) atoms.